The molecule has 0 radical (unpaired) electrons. The van der Waals surface area contributed by atoms with Crippen LogP contribution in [0.15, 0.2) is 30.6 Å². The number of likely N-dealkylation sites (N-methyl/N-ethyl adjacent to an activating group) is 1. The van der Waals surface area contributed by atoms with Gasteiger partial charge < -0.3 is 15.7 Å². The predicted octanol–water partition coefficient (Wildman–Crippen LogP) is 2.08. The van der Waals surface area contributed by atoms with Crippen LogP contribution in [0.1, 0.15) is 23.6 Å². The average molecular weight is 389 g/mol. The van der Waals surface area contributed by atoms with Crippen molar-refractivity contribution in [2.75, 3.05) is 19.3 Å². The smallest absolute Gasteiger partial charge is 0.263 e. The van der Waals surface area contributed by atoms with Crippen molar-refractivity contribution in [2.45, 2.75) is 26.9 Å². The summed E-state index contributed by atoms with van der Waals surface area (Å²) in [6, 6.07) is 5.64. The number of nitrogen functional groups attached to an aromatic ring is 1. The summed E-state index contributed by atoms with van der Waals surface area (Å²) in [6.07, 6.45) is 2.07. The number of aryl methyl sites for hydroxylation is 2. The summed E-state index contributed by atoms with van der Waals surface area (Å²) >= 11 is 0. The van der Waals surface area contributed by atoms with Crippen LogP contribution in [-0.4, -0.2) is 50.6 Å². The molecule has 3 rings (SSSR count). The molecule has 1 aromatic carbocycles. The van der Waals surface area contributed by atoms with E-state index < -0.39 is 12.0 Å². The zero-order chi connectivity index (χ0) is 21.1. The summed E-state index contributed by atoms with van der Waals surface area (Å²) in [5.41, 5.74) is 9.93. The van der Waals surface area contributed by atoms with E-state index >= 15 is 0 Å². The maximum absolute atomic E-state index is 12.0. The van der Waals surface area contributed by atoms with Gasteiger partial charge in [0.05, 0.1) is 0 Å². The van der Waals surface area contributed by atoms with Gasteiger partial charge in [-0.25, -0.2) is 15.0 Å². The molecule has 0 saturated carbocycles. The summed E-state index contributed by atoms with van der Waals surface area (Å²) in [7, 11) is 1.62. The number of aliphatic hydroxyl groups is 1. The molecule has 148 valence electrons. The SMILES string of the molecule is CCN(C)C(=O)[C@H](O)C#Cc1cc(C)cc(-c2ncc3c(C)cnc(N)c3n2)c1. The van der Waals surface area contributed by atoms with Gasteiger partial charge >= 0.3 is 0 Å². The number of aliphatic hydroxyl groups excluding tert-OH is 1. The van der Waals surface area contributed by atoms with Crippen molar-refractivity contribution in [3.05, 3.63) is 47.3 Å². The maximum Gasteiger partial charge on any atom is 0.263 e. The quantitative estimate of drug-likeness (QED) is 0.665. The van der Waals surface area contributed by atoms with Gasteiger partial charge in [-0.3, -0.25) is 4.79 Å². The number of carbonyl (C=O) groups excluding carboxylic acids is 1. The first-order valence-corrected chi connectivity index (χ1v) is 9.24. The van der Waals surface area contributed by atoms with E-state index in [1.54, 1.807) is 19.4 Å². The molecule has 0 saturated heterocycles. The van der Waals surface area contributed by atoms with Crippen LogP contribution in [0.4, 0.5) is 5.82 Å². The summed E-state index contributed by atoms with van der Waals surface area (Å²) in [5.74, 6) is 5.91. The summed E-state index contributed by atoms with van der Waals surface area (Å²) in [6.45, 7) is 6.20. The Balaban J connectivity index is 1.98. The highest BCUT2D eigenvalue weighted by Gasteiger charge is 2.15. The molecule has 3 N–H and O–H groups in total. The number of hydrogen-bond donors (Lipinski definition) is 2. The van der Waals surface area contributed by atoms with Gasteiger partial charge in [-0.2, -0.15) is 0 Å². The molecule has 29 heavy (non-hydrogen) atoms. The summed E-state index contributed by atoms with van der Waals surface area (Å²) in [5, 5.41) is 10.9. The van der Waals surface area contributed by atoms with E-state index in [9.17, 15) is 9.90 Å². The van der Waals surface area contributed by atoms with Crippen molar-refractivity contribution in [1.82, 2.24) is 19.9 Å². The molecule has 0 fully saturated rings. The molecule has 0 aliphatic rings. The third-order valence-electron chi connectivity index (χ3n) is 4.63. The second-order valence-electron chi connectivity index (χ2n) is 6.89. The number of nitrogens with two attached hydrogens (primary N) is 1. The minimum absolute atomic E-state index is 0.351. The van der Waals surface area contributed by atoms with Crippen molar-refractivity contribution in [3.63, 3.8) is 0 Å². The van der Waals surface area contributed by atoms with Crippen LogP contribution in [0.3, 0.4) is 0 Å². The van der Waals surface area contributed by atoms with E-state index in [1.165, 1.54) is 4.90 Å². The molecule has 0 spiro atoms. The molecule has 2 aromatic heterocycles. The topological polar surface area (TPSA) is 105 Å². The van der Waals surface area contributed by atoms with Crippen molar-refractivity contribution in [1.29, 1.82) is 0 Å². The first-order chi connectivity index (χ1) is 13.8. The molecule has 1 amide bonds. The molecular formula is C22H23N5O2. The summed E-state index contributed by atoms with van der Waals surface area (Å²) in [4.78, 5) is 26.6. The van der Waals surface area contributed by atoms with Crippen molar-refractivity contribution < 1.29 is 9.90 Å². The third kappa shape index (κ3) is 4.33. The Hall–Kier alpha value is -3.50. The highest BCUT2D eigenvalue weighted by Crippen LogP contribution is 2.24. The number of rotatable bonds is 3. The lowest BCUT2D eigenvalue weighted by Gasteiger charge is -2.15. The lowest BCUT2D eigenvalue weighted by molar-refractivity contribution is -0.135. The van der Waals surface area contributed by atoms with Gasteiger partial charge in [0, 0.05) is 42.5 Å². The van der Waals surface area contributed by atoms with Gasteiger partial charge in [-0.1, -0.05) is 11.8 Å². The normalized spacial score (nSPS) is 11.6. The summed E-state index contributed by atoms with van der Waals surface area (Å²) < 4.78 is 0. The van der Waals surface area contributed by atoms with Gasteiger partial charge in [0.1, 0.15) is 11.3 Å². The van der Waals surface area contributed by atoms with Gasteiger partial charge in [-0.05, 0) is 50.1 Å². The fourth-order valence-corrected chi connectivity index (χ4v) is 2.86. The number of amides is 1. The number of fused-ring (bicyclic) bond motifs is 1. The highest BCUT2D eigenvalue weighted by molar-refractivity contribution is 5.90. The first kappa shape index (κ1) is 20.2. The molecule has 7 heteroatoms. The lowest BCUT2D eigenvalue weighted by atomic mass is 10.1. The largest absolute Gasteiger partial charge is 0.382 e. The van der Waals surface area contributed by atoms with E-state index in [-0.39, 0.29) is 0 Å². The Labute approximate surface area is 169 Å². The van der Waals surface area contributed by atoms with Crippen molar-refractivity contribution in [3.8, 4) is 23.2 Å². The third-order valence-corrected chi connectivity index (χ3v) is 4.63. The minimum atomic E-state index is -1.37. The number of carbonyl (C=O) groups is 1. The fourth-order valence-electron chi connectivity index (χ4n) is 2.86. The lowest BCUT2D eigenvalue weighted by Crippen LogP contribution is -2.35. The van der Waals surface area contributed by atoms with Crippen molar-refractivity contribution in [2.24, 2.45) is 0 Å². The van der Waals surface area contributed by atoms with E-state index in [0.717, 1.165) is 22.1 Å². The monoisotopic (exact) mass is 389 g/mol. The van der Waals surface area contributed by atoms with Gasteiger partial charge in [0.25, 0.3) is 5.91 Å². The number of hydrogen-bond acceptors (Lipinski definition) is 6. The van der Waals surface area contributed by atoms with Crippen LogP contribution in [0.5, 0.6) is 0 Å². The molecule has 2 heterocycles. The number of anilines is 1. The second kappa shape index (κ2) is 8.25. The molecular weight excluding hydrogens is 366 g/mol. The van der Waals surface area contributed by atoms with Crippen molar-refractivity contribution >= 4 is 22.6 Å². The fraction of sp³-hybridized carbons (Fsp3) is 0.273. The Morgan fingerprint density at radius 3 is 2.72 bits per heavy atom. The Bertz CT molecular complexity index is 1150. The van der Waals surface area contributed by atoms with E-state index in [2.05, 4.69) is 26.8 Å². The first-order valence-electron chi connectivity index (χ1n) is 9.24. The van der Waals surface area contributed by atoms with Crippen LogP contribution in [0, 0.1) is 25.7 Å². The van der Waals surface area contributed by atoms with E-state index in [0.29, 0.717) is 29.3 Å². The number of nitrogens with zero attached hydrogens (tertiary/aromatic N) is 4. The van der Waals surface area contributed by atoms with Crippen LogP contribution in [-0.2, 0) is 4.79 Å². The zero-order valence-corrected chi connectivity index (χ0v) is 16.9. The number of aromatic nitrogens is 3. The Kier molecular flexibility index (Phi) is 5.76. The van der Waals surface area contributed by atoms with Crippen LogP contribution < -0.4 is 5.73 Å². The minimum Gasteiger partial charge on any atom is -0.382 e. The van der Waals surface area contributed by atoms with Crippen LogP contribution in [0.2, 0.25) is 0 Å². The maximum atomic E-state index is 12.0. The predicted molar refractivity (Wildman–Crippen MR) is 113 cm³/mol. The molecule has 0 aliphatic carbocycles. The molecule has 0 bridgehead atoms. The second-order valence-corrected chi connectivity index (χ2v) is 6.89. The van der Waals surface area contributed by atoms with Gasteiger partial charge in [0.2, 0.25) is 0 Å². The van der Waals surface area contributed by atoms with E-state index in [1.807, 2.05) is 39.0 Å². The van der Waals surface area contributed by atoms with Crippen LogP contribution in [0.25, 0.3) is 22.3 Å². The Morgan fingerprint density at radius 1 is 1.24 bits per heavy atom. The number of pyridine rings is 1. The zero-order valence-electron chi connectivity index (χ0n) is 16.9. The van der Waals surface area contributed by atoms with E-state index in [4.69, 9.17) is 5.73 Å². The van der Waals surface area contributed by atoms with Gasteiger partial charge in [-0.15, -0.1) is 0 Å². The van der Waals surface area contributed by atoms with Gasteiger partial charge in [0.15, 0.2) is 11.9 Å². The Morgan fingerprint density at radius 2 is 2.00 bits per heavy atom. The molecule has 3 aromatic rings. The average Bonchev–Trinajstić information content (AvgIpc) is 2.72. The number of benzene rings is 1. The standard InChI is InChI=1S/C22H23N5O2/c1-5-27(4)22(29)18(28)7-6-15-8-13(2)9-16(10-15)21-25-12-17-14(3)11-24-20(23)19(17)26-21/h8-12,18,28H,5H2,1-4H3,(H2,23,24)/t18-/m1/s1. The molecule has 0 aliphatic heterocycles. The molecule has 7 nitrogen and oxygen atoms in total. The molecule has 0 unspecified atom stereocenters. The molecule has 1 atom stereocenters. The van der Waals surface area contributed by atoms with Crippen LogP contribution >= 0.6 is 0 Å². The highest BCUT2D eigenvalue weighted by atomic mass is 16.3.